The van der Waals surface area contributed by atoms with Gasteiger partial charge in [-0.2, -0.15) is 0 Å². The van der Waals surface area contributed by atoms with Gasteiger partial charge in [0, 0.05) is 16.6 Å². The Bertz CT molecular complexity index is 1250. The molecule has 1 aliphatic heterocycles. The molecule has 1 aromatic heterocycles. The van der Waals surface area contributed by atoms with E-state index in [0.29, 0.717) is 22.9 Å². The minimum Gasteiger partial charge on any atom is -0.280 e. The highest BCUT2D eigenvalue weighted by Gasteiger charge is 2.32. The Morgan fingerprint density at radius 1 is 1.16 bits per heavy atom. The maximum absolute atomic E-state index is 12.1. The third kappa shape index (κ3) is 4.98. The molecule has 1 fully saturated rings. The second-order valence-corrected chi connectivity index (χ2v) is 11.3. The zero-order valence-corrected chi connectivity index (χ0v) is 20.6. The zero-order valence-electron chi connectivity index (χ0n) is 18.2. The van der Waals surface area contributed by atoms with Crippen molar-refractivity contribution in [3.05, 3.63) is 63.9 Å². The fraction of sp³-hybridized carbons (Fsp3) is 0.391. The van der Waals surface area contributed by atoms with E-state index in [1.165, 1.54) is 5.56 Å². The molecule has 4 rings (SSSR count). The molecule has 2 heterocycles. The summed E-state index contributed by atoms with van der Waals surface area (Å²) in [4.78, 5) is 2.19. The number of rotatable bonds is 7. The normalized spacial score (nSPS) is 17.8. The zero-order chi connectivity index (χ0) is 22.9. The van der Waals surface area contributed by atoms with E-state index in [2.05, 4.69) is 24.0 Å². The van der Waals surface area contributed by atoms with Crippen LogP contribution in [0.2, 0.25) is 5.02 Å². The summed E-state index contributed by atoms with van der Waals surface area (Å²) in [5.41, 5.74) is 3.01. The van der Waals surface area contributed by atoms with Crippen LogP contribution in [-0.2, 0) is 16.5 Å². The maximum Gasteiger partial charge on any atom is 0.204 e. The highest BCUT2D eigenvalue weighted by Crippen LogP contribution is 2.25. The van der Waals surface area contributed by atoms with E-state index in [9.17, 15) is 8.42 Å². The lowest BCUT2D eigenvalue weighted by atomic mass is 10.1. The lowest BCUT2D eigenvalue weighted by molar-refractivity contribution is 0.155. The molecule has 0 bridgehead atoms. The van der Waals surface area contributed by atoms with E-state index in [-0.39, 0.29) is 17.5 Å². The van der Waals surface area contributed by atoms with Gasteiger partial charge in [-0.3, -0.25) is 9.47 Å². The van der Waals surface area contributed by atoms with Crippen LogP contribution in [0.5, 0.6) is 0 Å². The number of benzene rings is 2. The number of aryl methyl sites for hydroxylation is 1. The maximum atomic E-state index is 12.1. The van der Waals surface area contributed by atoms with Gasteiger partial charge in [-0.15, -0.1) is 5.10 Å². The number of nitrogens with zero attached hydrogens (tertiary/aromatic N) is 4. The van der Waals surface area contributed by atoms with Crippen LogP contribution in [0.3, 0.4) is 0 Å². The average molecular weight is 491 g/mol. The van der Waals surface area contributed by atoms with Gasteiger partial charge < -0.3 is 0 Å². The van der Waals surface area contributed by atoms with Crippen LogP contribution in [0.25, 0.3) is 17.1 Å². The van der Waals surface area contributed by atoms with E-state index in [0.717, 1.165) is 30.0 Å². The van der Waals surface area contributed by atoms with Gasteiger partial charge in [0.1, 0.15) is 0 Å². The van der Waals surface area contributed by atoms with Crippen LogP contribution in [0.15, 0.2) is 48.5 Å². The summed E-state index contributed by atoms with van der Waals surface area (Å²) in [6.07, 6.45) is 1.57. The number of sulfone groups is 1. The molecular weight excluding hydrogens is 464 g/mol. The van der Waals surface area contributed by atoms with E-state index in [1.54, 1.807) is 4.68 Å². The third-order valence-corrected chi connectivity index (χ3v) is 8.18. The molecule has 0 saturated carbocycles. The monoisotopic (exact) mass is 490 g/mol. The lowest BCUT2D eigenvalue weighted by Crippen LogP contribution is -2.38. The van der Waals surface area contributed by atoms with Crippen LogP contribution in [0.4, 0.5) is 0 Å². The minimum atomic E-state index is -2.97. The third-order valence-electron chi connectivity index (χ3n) is 5.79. The van der Waals surface area contributed by atoms with Gasteiger partial charge in [-0.05, 0) is 62.8 Å². The molecule has 1 saturated heterocycles. The van der Waals surface area contributed by atoms with Gasteiger partial charge in [0.2, 0.25) is 4.77 Å². The predicted molar refractivity (Wildman–Crippen MR) is 132 cm³/mol. The van der Waals surface area contributed by atoms with Gasteiger partial charge in [0.25, 0.3) is 0 Å². The van der Waals surface area contributed by atoms with Crippen LogP contribution in [0, 0.1) is 11.7 Å². The van der Waals surface area contributed by atoms with Gasteiger partial charge in [0.15, 0.2) is 15.7 Å². The molecular formula is C23H27ClN4O2S2. The van der Waals surface area contributed by atoms with Crippen LogP contribution < -0.4 is 0 Å². The Hall–Kier alpha value is -2.00. The Kier molecular flexibility index (Phi) is 6.86. The number of aromatic nitrogens is 3. The fourth-order valence-electron chi connectivity index (χ4n) is 4.10. The van der Waals surface area contributed by atoms with E-state index >= 15 is 0 Å². The van der Waals surface area contributed by atoms with Crippen LogP contribution >= 0.6 is 23.8 Å². The average Bonchev–Trinajstić information content (AvgIpc) is 3.28. The first kappa shape index (κ1) is 23.2. The fourth-order valence-corrected chi connectivity index (χ4v) is 6.28. The van der Waals surface area contributed by atoms with Gasteiger partial charge >= 0.3 is 0 Å². The van der Waals surface area contributed by atoms with E-state index in [1.807, 2.05) is 47.9 Å². The molecule has 0 spiro atoms. The van der Waals surface area contributed by atoms with Crippen molar-refractivity contribution in [3.8, 4) is 17.1 Å². The molecule has 1 aliphatic rings. The minimum absolute atomic E-state index is 0.00893. The molecule has 0 aliphatic carbocycles. The molecule has 0 amide bonds. The molecule has 1 unspecified atom stereocenters. The standard InChI is InChI=1S/C23H27ClN4O2S2/c1-3-13-26(21-12-14-32(29,30)15-21)16-27-23(31)28(20-10-8-19(24)9-11-20)22(25-27)18-6-4-17(2)5-7-18/h4-11,21H,3,12-16H2,1-2H3. The Morgan fingerprint density at radius 2 is 1.84 bits per heavy atom. The molecule has 3 aromatic rings. The molecule has 0 N–H and O–H groups in total. The summed E-state index contributed by atoms with van der Waals surface area (Å²) in [6, 6.07) is 15.7. The molecule has 9 heteroatoms. The first-order valence-corrected chi connectivity index (χ1v) is 13.4. The highest BCUT2D eigenvalue weighted by molar-refractivity contribution is 7.91. The predicted octanol–water partition coefficient (Wildman–Crippen LogP) is 4.89. The van der Waals surface area contributed by atoms with Crippen molar-refractivity contribution < 1.29 is 8.42 Å². The first-order chi connectivity index (χ1) is 15.3. The van der Waals surface area contributed by atoms with Crippen molar-refractivity contribution in [3.63, 3.8) is 0 Å². The topological polar surface area (TPSA) is 60.1 Å². The van der Waals surface area contributed by atoms with Crippen LogP contribution in [-0.4, -0.2) is 51.8 Å². The van der Waals surface area contributed by atoms with E-state index in [4.69, 9.17) is 28.9 Å². The Morgan fingerprint density at radius 3 is 2.44 bits per heavy atom. The Labute approximate surface area is 199 Å². The summed E-state index contributed by atoms with van der Waals surface area (Å²) in [7, 11) is -2.97. The molecule has 6 nitrogen and oxygen atoms in total. The number of halogens is 1. The highest BCUT2D eigenvalue weighted by atomic mass is 35.5. The van der Waals surface area contributed by atoms with Crippen molar-refractivity contribution in [2.45, 2.75) is 39.4 Å². The first-order valence-electron chi connectivity index (χ1n) is 10.7. The van der Waals surface area contributed by atoms with Crippen molar-refractivity contribution >= 4 is 33.7 Å². The molecule has 170 valence electrons. The quantitative estimate of drug-likeness (QED) is 0.441. The summed E-state index contributed by atoms with van der Waals surface area (Å²) in [5, 5.41) is 5.54. The molecule has 0 radical (unpaired) electrons. The summed E-state index contributed by atoms with van der Waals surface area (Å²) < 4.78 is 28.5. The number of hydrogen-bond donors (Lipinski definition) is 0. The van der Waals surface area contributed by atoms with Crippen molar-refractivity contribution in [1.82, 2.24) is 19.2 Å². The molecule has 2 aromatic carbocycles. The second kappa shape index (κ2) is 9.47. The second-order valence-electron chi connectivity index (χ2n) is 8.29. The summed E-state index contributed by atoms with van der Waals surface area (Å²) in [5.74, 6) is 1.19. The van der Waals surface area contributed by atoms with Crippen molar-refractivity contribution in [2.24, 2.45) is 0 Å². The summed E-state index contributed by atoms with van der Waals surface area (Å²) >= 11 is 12.0. The SMILES string of the molecule is CCCN(Cn1nc(-c2ccc(C)cc2)n(-c2ccc(Cl)cc2)c1=S)C1CCS(=O)(=O)C1. The smallest absolute Gasteiger partial charge is 0.204 e. The summed E-state index contributed by atoms with van der Waals surface area (Å²) in [6.45, 7) is 5.38. The van der Waals surface area contributed by atoms with Gasteiger partial charge in [0.05, 0.1) is 23.9 Å². The molecule has 32 heavy (non-hydrogen) atoms. The largest absolute Gasteiger partial charge is 0.280 e. The van der Waals surface area contributed by atoms with Crippen molar-refractivity contribution in [2.75, 3.05) is 18.1 Å². The number of hydrogen-bond acceptors (Lipinski definition) is 5. The van der Waals surface area contributed by atoms with Crippen molar-refractivity contribution in [1.29, 1.82) is 0 Å². The molecule has 1 atom stereocenters. The van der Waals surface area contributed by atoms with E-state index < -0.39 is 9.84 Å². The Balaban J connectivity index is 1.77. The van der Waals surface area contributed by atoms with Gasteiger partial charge in [-0.1, -0.05) is 48.4 Å². The lowest BCUT2D eigenvalue weighted by Gasteiger charge is -2.27. The van der Waals surface area contributed by atoms with Gasteiger partial charge in [-0.25, -0.2) is 13.1 Å². The van der Waals surface area contributed by atoms with Crippen LogP contribution in [0.1, 0.15) is 25.3 Å².